The number of hydrogen-bond acceptors (Lipinski definition) is 4. The van der Waals surface area contributed by atoms with Crippen molar-refractivity contribution in [2.45, 2.75) is 64.8 Å². The van der Waals surface area contributed by atoms with Gasteiger partial charge in [-0.15, -0.1) is 0 Å². The second kappa shape index (κ2) is 11.4. The quantitative estimate of drug-likeness (QED) is 0.295. The molecule has 1 N–H and O–H groups in total. The molecule has 178 valence electrons. The number of nitrogens with one attached hydrogen (secondary N) is 1. The Morgan fingerprint density at radius 1 is 1.06 bits per heavy atom. The van der Waals surface area contributed by atoms with E-state index in [9.17, 15) is 9.59 Å². The van der Waals surface area contributed by atoms with Crippen LogP contribution in [0, 0.1) is 0 Å². The lowest BCUT2D eigenvalue weighted by molar-refractivity contribution is -0.115. The van der Waals surface area contributed by atoms with Crippen LogP contribution in [-0.2, 0) is 4.79 Å². The highest BCUT2D eigenvalue weighted by Crippen LogP contribution is 2.27. The second-order valence-corrected chi connectivity index (χ2v) is 9.31. The number of unbranched alkanes of at least 4 members (excludes halogenated alkanes) is 1. The van der Waals surface area contributed by atoms with Gasteiger partial charge in [-0.3, -0.25) is 9.59 Å². The van der Waals surface area contributed by atoms with Gasteiger partial charge in [0.1, 0.15) is 0 Å². The third-order valence-electron chi connectivity index (χ3n) is 6.84. The number of rotatable bonds is 9. The summed E-state index contributed by atoms with van der Waals surface area (Å²) in [5, 5.41) is 3.78. The SMILES string of the molecule is CCC(=O)Nc1ccc(-c2cc(C(=O)CCCCN3CCCCC3C)c3ccccc3n2)cc1. The zero-order valence-corrected chi connectivity index (χ0v) is 20.3. The summed E-state index contributed by atoms with van der Waals surface area (Å²) in [6, 6.07) is 18.1. The number of hydrogen-bond donors (Lipinski definition) is 1. The number of amides is 1. The first kappa shape index (κ1) is 24.1. The Kier molecular flexibility index (Phi) is 8.07. The van der Waals surface area contributed by atoms with E-state index in [1.54, 1.807) is 0 Å². The summed E-state index contributed by atoms with van der Waals surface area (Å²) < 4.78 is 0. The molecule has 5 heteroatoms. The number of piperidine rings is 1. The molecule has 1 saturated heterocycles. The van der Waals surface area contributed by atoms with E-state index >= 15 is 0 Å². The van der Waals surface area contributed by atoms with Crippen molar-refractivity contribution in [3.63, 3.8) is 0 Å². The van der Waals surface area contributed by atoms with Crippen molar-refractivity contribution in [1.82, 2.24) is 9.88 Å². The van der Waals surface area contributed by atoms with Crippen molar-refractivity contribution >= 4 is 28.3 Å². The second-order valence-electron chi connectivity index (χ2n) is 9.31. The molecule has 1 fully saturated rings. The molecule has 2 heterocycles. The van der Waals surface area contributed by atoms with Crippen molar-refractivity contribution in [2.75, 3.05) is 18.4 Å². The molecule has 0 bridgehead atoms. The molecule has 0 aliphatic carbocycles. The zero-order valence-electron chi connectivity index (χ0n) is 20.3. The molecule has 1 aliphatic heterocycles. The number of anilines is 1. The van der Waals surface area contributed by atoms with E-state index in [2.05, 4.69) is 17.1 Å². The summed E-state index contributed by atoms with van der Waals surface area (Å²) in [4.78, 5) is 32.3. The molecule has 4 rings (SSSR count). The van der Waals surface area contributed by atoms with Crippen molar-refractivity contribution in [2.24, 2.45) is 0 Å². The van der Waals surface area contributed by atoms with Gasteiger partial charge in [0.15, 0.2) is 5.78 Å². The molecule has 1 amide bonds. The number of fused-ring (bicyclic) bond motifs is 1. The molecule has 0 saturated carbocycles. The fraction of sp³-hybridized carbons (Fsp3) is 0.414. The minimum Gasteiger partial charge on any atom is -0.326 e. The van der Waals surface area contributed by atoms with Crippen LogP contribution in [0.4, 0.5) is 5.69 Å². The van der Waals surface area contributed by atoms with E-state index < -0.39 is 0 Å². The van der Waals surface area contributed by atoms with Crippen LogP contribution in [0.3, 0.4) is 0 Å². The maximum atomic E-state index is 13.3. The normalized spacial score (nSPS) is 16.5. The van der Waals surface area contributed by atoms with Gasteiger partial charge in [-0.25, -0.2) is 4.98 Å². The molecule has 0 radical (unpaired) electrons. The average molecular weight is 458 g/mol. The van der Waals surface area contributed by atoms with Gasteiger partial charge in [-0.2, -0.15) is 0 Å². The van der Waals surface area contributed by atoms with Crippen molar-refractivity contribution in [3.05, 3.63) is 60.2 Å². The molecule has 3 aromatic rings. The monoisotopic (exact) mass is 457 g/mol. The Morgan fingerprint density at radius 3 is 2.62 bits per heavy atom. The van der Waals surface area contributed by atoms with Crippen LogP contribution in [-0.4, -0.2) is 40.7 Å². The number of benzene rings is 2. The zero-order chi connectivity index (χ0) is 23.9. The van der Waals surface area contributed by atoms with E-state index in [0.29, 0.717) is 18.9 Å². The number of ketones is 1. The van der Waals surface area contributed by atoms with Crippen LogP contribution in [0.25, 0.3) is 22.2 Å². The standard InChI is InChI=1S/C29H35N3O2/c1-3-29(34)30-23-16-14-22(15-17-23)27-20-25(24-11-4-5-12-26(24)31-27)28(33)13-7-9-19-32-18-8-6-10-21(32)2/h4-5,11-12,14-17,20-21H,3,6-10,13,18-19H2,1-2H3,(H,30,34). The summed E-state index contributed by atoms with van der Waals surface area (Å²) in [6.07, 6.45) is 6.87. The highest BCUT2D eigenvalue weighted by molar-refractivity contribution is 6.08. The largest absolute Gasteiger partial charge is 0.326 e. The molecule has 5 nitrogen and oxygen atoms in total. The minimum absolute atomic E-state index is 0.0146. The third kappa shape index (κ3) is 5.89. The van der Waals surface area contributed by atoms with Gasteiger partial charge in [0, 0.05) is 41.1 Å². The van der Waals surface area contributed by atoms with Crippen LogP contribution < -0.4 is 5.32 Å². The van der Waals surface area contributed by atoms with Crippen LogP contribution in [0.2, 0.25) is 0 Å². The lowest BCUT2D eigenvalue weighted by Gasteiger charge is -2.33. The van der Waals surface area contributed by atoms with E-state index in [1.807, 2.05) is 61.5 Å². The number of pyridine rings is 1. The predicted octanol–water partition coefficient (Wildman–Crippen LogP) is 6.48. The smallest absolute Gasteiger partial charge is 0.224 e. The summed E-state index contributed by atoms with van der Waals surface area (Å²) in [7, 11) is 0. The highest BCUT2D eigenvalue weighted by atomic mass is 16.1. The van der Waals surface area contributed by atoms with Gasteiger partial charge >= 0.3 is 0 Å². The van der Waals surface area contributed by atoms with Crippen molar-refractivity contribution in [1.29, 1.82) is 0 Å². The van der Waals surface area contributed by atoms with Gasteiger partial charge in [0.25, 0.3) is 0 Å². The lowest BCUT2D eigenvalue weighted by Crippen LogP contribution is -2.38. The summed E-state index contributed by atoms with van der Waals surface area (Å²) >= 11 is 0. The molecule has 1 aliphatic rings. The summed E-state index contributed by atoms with van der Waals surface area (Å²) in [5.41, 5.74) is 4.03. The molecule has 1 atom stereocenters. The van der Waals surface area contributed by atoms with E-state index in [-0.39, 0.29) is 11.7 Å². The Bertz CT molecular complexity index is 1140. The van der Waals surface area contributed by atoms with E-state index in [0.717, 1.165) is 52.8 Å². The van der Waals surface area contributed by atoms with Gasteiger partial charge < -0.3 is 10.2 Å². The molecular weight excluding hydrogens is 422 g/mol. The maximum absolute atomic E-state index is 13.3. The van der Waals surface area contributed by atoms with Crippen molar-refractivity contribution < 1.29 is 9.59 Å². The molecule has 1 unspecified atom stereocenters. The van der Waals surface area contributed by atoms with Crippen LogP contribution in [0.15, 0.2) is 54.6 Å². The number of para-hydroxylation sites is 1. The van der Waals surface area contributed by atoms with E-state index in [1.165, 1.54) is 25.8 Å². The first-order chi connectivity index (χ1) is 16.5. The molecular formula is C29H35N3O2. The lowest BCUT2D eigenvalue weighted by atomic mass is 9.98. The van der Waals surface area contributed by atoms with Gasteiger partial charge in [-0.05, 0) is 70.0 Å². The Hall–Kier alpha value is -3.05. The number of Topliss-reactive ketones (excluding diaryl/α,β-unsaturated/α-hetero) is 1. The molecule has 1 aromatic heterocycles. The van der Waals surface area contributed by atoms with Crippen LogP contribution in [0.1, 0.15) is 69.2 Å². The van der Waals surface area contributed by atoms with Gasteiger partial charge in [0.05, 0.1) is 11.2 Å². The van der Waals surface area contributed by atoms with Crippen LogP contribution >= 0.6 is 0 Å². The van der Waals surface area contributed by atoms with Crippen LogP contribution in [0.5, 0.6) is 0 Å². The average Bonchev–Trinajstić information content (AvgIpc) is 2.87. The first-order valence-corrected chi connectivity index (χ1v) is 12.6. The Balaban J connectivity index is 1.48. The number of aromatic nitrogens is 1. The fourth-order valence-corrected chi connectivity index (χ4v) is 4.75. The van der Waals surface area contributed by atoms with Crippen molar-refractivity contribution in [3.8, 4) is 11.3 Å². The third-order valence-corrected chi connectivity index (χ3v) is 6.84. The number of carbonyl (C=O) groups excluding carboxylic acids is 2. The minimum atomic E-state index is -0.0146. The number of nitrogens with zero attached hydrogens (tertiary/aromatic N) is 2. The fourth-order valence-electron chi connectivity index (χ4n) is 4.75. The van der Waals surface area contributed by atoms with Gasteiger partial charge in [-0.1, -0.05) is 43.7 Å². The molecule has 0 spiro atoms. The van der Waals surface area contributed by atoms with E-state index in [4.69, 9.17) is 4.98 Å². The molecule has 2 aromatic carbocycles. The first-order valence-electron chi connectivity index (χ1n) is 12.6. The summed E-state index contributed by atoms with van der Waals surface area (Å²) in [5.74, 6) is 0.164. The predicted molar refractivity (Wildman–Crippen MR) is 139 cm³/mol. The maximum Gasteiger partial charge on any atom is 0.224 e. The number of likely N-dealkylation sites (tertiary alicyclic amines) is 1. The highest BCUT2D eigenvalue weighted by Gasteiger charge is 2.18. The Labute approximate surface area is 202 Å². The topological polar surface area (TPSA) is 62.3 Å². The van der Waals surface area contributed by atoms with Gasteiger partial charge in [0.2, 0.25) is 5.91 Å². The Morgan fingerprint density at radius 2 is 1.85 bits per heavy atom. The molecule has 34 heavy (non-hydrogen) atoms. The summed E-state index contributed by atoms with van der Waals surface area (Å²) in [6.45, 7) is 6.42. The number of carbonyl (C=O) groups is 2.